The summed E-state index contributed by atoms with van der Waals surface area (Å²) in [6.45, 7) is 1.40. The molecule has 0 bridgehead atoms. The highest BCUT2D eigenvalue weighted by molar-refractivity contribution is 7.74. The molecule has 0 aliphatic heterocycles. The number of nitrogens with zero attached hydrogens (tertiary/aromatic N) is 1. The van der Waals surface area contributed by atoms with E-state index in [0.717, 1.165) is 18.2 Å². The van der Waals surface area contributed by atoms with Crippen LogP contribution in [0.5, 0.6) is 5.75 Å². The van der Waals surface area contributed by atoms with E-state index in [-0.39, 0.29) is 17.0 Å². The molecule has 0 aliphatic carbocycles. The molecule has 0 aromatic heterocycles. The number of phenolic OH excluding ortho intramolecular Hbond substituents is 1. The summed E-state index contributed by atoms with van der Waals surface area (Å²) in [4.78, 5) is 9.85. The van der Waals surface area contributed by atoms with Crippen LogP contribution in [0.4, 0.5) is 5.69 Å². The Balaban J connectivity index is 3.06. The van der Waals surface area contributed by atoms with Crippen molar-refractivity contribution in [2.24, 2.45) is 0 Å². The fourth-order valence-electron chi connectivity index (χ4n) is 1.16. The van der Waals surface area contributed by atoms with Gasteiger partial charge in [0.1, 0.15) is 11.9 Å². The minimum absolute atomic E-state index is 0.0802. The largest absolute Gasteiger partial charge is 0.508 e. The molecule has 0 heterocycles. The summed E-state index contributed by atoms with van der Waals surface area (Å²) in [6.07, 6.45) is -0.925. The van der Waals surface area contributed by atoms with Crippen LogP contribution in [0.1, 0.15) is 18.6 Å². The molecular weight excluding hydrogens is 238 g/mol. The molecule has 0 saturated heterocycles. The average Bonchev–Trinajstić information content (AvgIpc) is 2.16. The molecule has 16 heavy (non-hydrogen) atoms. The first-order valence-electron chi connectivity index (χ1n) is 4.17. The number of benzene rings is 1. The van der Waals surface area contributed by atoms with Crippen molar-refractivity contribution in [3.05, 3.63) is 33.9 Å². The minimum Gasteiger partial charge on any atom is -0.508 e. The van der Waals surface area contributed by atoms with Gasteiger partial charge in [-0.15, -0.1) is 0 Å². The van der Waals surface area contributed by atoms with E-state index in [0.29, 0.717) is 0 Å². The third-order valence-corrected chi connectivity index (χ3v) is 2.34. The van der Waals surface area contributed by atoms with Crippen LogP contribution in [0.25, 0.3) is 0 Å². The normalized spacial score (nSPS) is 14.4. The van der Waals surface area contributed by atoms with Crippen molar-refractivity contribution in [2.75, 3.05) is 0 Å². The SMILES string of the molecule is CC(OS(=O)O)c1cc([N+](=O)[O-])ccc1O. The standard InChI is InChI=1S/C8H9NO6S/c1-5(15-16(13)14)7-4-6(9(11)12)2-3-8(7)10/h2-5,10H,1H3,(H,13,14). The second kappa shape index (κ2) is 5.01. The van der Waals surface area contributed by atoms with E-state index in [1.54, 1.807) is 0 Å². The summed E-state index contributed by atoms with van der Waals surface area (Å²) >= 11 is -2.50. The van der Waals surface area contributed by atoms with Gasteiger partial charge in [0.15, 0.2) is 0 Å². The molecule has 8 heteroatoms. The number of hydrogen-bond donors (Lipinski definition) is 2. The Hall–Kier alpha value is -1.51. The van der Waals surface area contributed by atoms with Crippen molar-refractivity contribution >= 4 is 17.0 Å². The zero-order valence-electron chi connectivity index (χ0n) is 8.19. The number of aromatic hydroxyl groups is 1. The number of rotatable bonds is 4. The van der Waals surface area contributed by atoms with Crippen molar-refractivity contribution in [2.45, 2.75) is 13.0 Å². The fraction of sp³-hybridized carbons (Fsp3) is 0.250. The maximum absolute atomic E-state index is 10.5. The van der Waals surface area contributed by atoms with Gasteiger partial charge in [0.05, 0.1) is 4.92 Å². The first kappa shape index (κ1) is 12.6. The number of phenols is 1. The second-order valence-electron chi connectivity index (χ2n) is 2.96. The highest BCUT2D eigenvalue weighted by Gasteiger charge is 2.17. The van der Waals surface area contributed by atoms with Crippen LogP contribution in [-0.4, -0.2) is 18.8 Å². The quantitative estimate of drug-likeness (QED) is 0.474. The molecule has 0 fully saturated rings. The highest BCUT2D eigenvalue weighted by atomic mass is 32.2. The van der Waals surface area contributed by atoms with Gasteiger partial charge in [-0.25, -0.2) is 0 Å². The van der Waals surface area contributed by atoms with Crippen molar-refractivity contribution in [3.8, 4) is 5.75 Å². The van der Waals surface area contributed by atoms with Gasteiger partial charge in [0, 0.05) is 17.7 Å². The lowest BCUT2D eigenvalue weighted by molar-refractivity contribution is -0.385. The van der Waals surface area contributed by atoms with Crippen molar-refractivity contribution in [1.29, 1.82) is 0 Å². The smallest absolute Gasteiger partial charge is 0.302 e. The van der Waals surface area contributed by atoms with Gasteiger partial charge in [-0.05, 0) is 13.0 Å². The molecule has 7 nitrogen and oxygen atoms in total. The molecular formula is C8H9NO6S. The summed E-state index contributed by atoms with van der Waals surface area (Å²) in [7, 11) is 0. The van der Waals surface area contributed by atoms with Gasteiger partial charge >= 0.3 is 11.4 Å². The van der Waals surface area contributed by atoms with Gasteiger partial charge in [-0.2, -0.15) is 4.21 Å². The Morgan fingerprint density at radius 2 is 2.19 bits per heavy atom. The molecule has 0 amide bonds. The molecule has 0 aliphatic rings. The third kappa shape index (κ3) is 2.99. The highest BCUT2D eigenvalue weighted by Crippen LogP contribution is 2.30. The monoisotopic (exact) mass is 247 g/mol. The lowest BCUT2D eigenvalue weighted by atomic mass is 10.1. The first-order valence-corrected chi connectivity index (χ1v) is 5.20. The Labute approximate surface area is 93.3 Å². The third-order valence-electron chi connectivity index (χ3n) is 1.89. The van der Waals surface area contributed by atoms with Crippen LogP contribution in [0.15, 0.2) is 18.2 Å². The Morgan fingerprint density at radius 3 is 2.69 bits per heavy atom. The molecule has 1 aromatic rings. The van der Waals surface area contributed by atoms with Crippen molar-refractivity contribution in [3.63, 3.8) is 0 Å². The molecule has 1 rings (SSSR count). The second-order valence-corrected chi connectivity index (χ2v) is 3.58. The molecule has 0 spiro atoms. The van der Waals surface area contributed by atoms with Crippen LogP contribution in [0, 0.1) is 10.1 Å². The summed E-state index contributed by atoms with van der Waals surface area (Å²) in [6, 6.07) is 3.35. The summed E-state index contributed by atoms with van der Waals surface area (Å²) in [5, 5.41) is 19.9. The van der Waals surface area contributed by atoms with Gasteiger partial charge < -0.3 is 5.11 Å². The summed E-state index contributed by atoms with van der Waals surface area (Å²) < 4.78 is 23.4. The maximum Gasteiger partial charge on any atom is 0.302 e. The molecule has 2 atom stereocenters. The van der Waals surface area contributed by atoms with E-state index in [2.05, 4.69) is 4.18 Å². The van der Waals surface area contributed by atoms with Gasteiger partial charge in [0.2, 0.25) is 0 Å². The van der Waals surface area contributed by atoms with Crippen LogP contribution in [0.2, 0.25) is 0 Å². The lowest BCUT2D eigenvalue weighted by Gasteiger charge is -2.10. The van der Waals surface area contributed by atoms with Gasteiger partial charge in [-0.3, -0.25) is 18.9 Å². The molecule has 2 unspecified atom stereocenters. The molecule has 88 valence electrons. The van der Waals surface area contributed by atoms with E-state index >= 15 is 0 Å². The van der Waals surface area contributed by atoms with Crippen LogP contribution < -0.4 is 0 Å². The van der Waals surface area contributed by atoms with Crippen LogP contribution >= 0.6 is 0 Å². The fourth-order valence-corrected chi connectivity index (χ4v) is 1.51. The summed E-state index contributed by atoms with van der Waals surface area (Å²) in [5.41, 5.74) is -0.149. The van der Waals surface area contributed by atoms with E-state index in [1.807, 2.05) is 0 Å². The van der Waals surface area contributed by atoms with Gasteiger partial charge in [0.25, 0.3) is 5.69 Å². The molecule has 0 saturated carbocycles. The van der Waals surface area contributed by atoms with E-state index in [9.17, 15) is 19.4 Å². The van der Waals surface area contributed by atoms with Crippen molar-refractivity contribution < 1.29 is 23.0 Å². The van der Waals surface area contributed by atoms with Crippen molar-refractivity contribution in [1.82, 2.24) is 0 Å². The predicted octanol–water partition coefficient (Wildman–Crippen LogP) is 1.51. The van der Waals surface area contributed by atoms with E-state index < -0.39 is 22.4 Å². The summed E-state index contributed by atoms with van der Waals surface area (Å²) in [5.74, 6) is -0.233. The van der Waals surface area contributed by atoms with Crippen LogP contribution in [-0.2, 0) is 15.5 Å². The zero-order valence-corrected chi connectivity index (χ0v) is 9.01. The van der Waals surface area contributed by atoms with Crippen LogP contribution in [0.3, 0.4) is 0 Å². The minimum atomic E-state index is -2.50. The Kier molecular flexibility index (Phi) is 3.93. The Bertz CT molecular complexity index is 435. The Morgan fingerprint density at radius 1 is 1.56 bits per heavy atom. The number of hydrogen-bond acceptors (Lipinski definition) is 5. The first-order chi connectivity index (χ1) is 7.41. The lowest BCUT2D eigenvalue weighted by Crippen LogP contribution is -2.03. The number of nitro groups is 1. The maximum atomic E-state index is 10.5. The number of nitro benzene ring substituents is 1. The number of non-ortho nitro benzene ring substituents is 1. The van der Waals surface area contributed by atoms with E-state index in [4.69, 9.17) is 4.55 Å². The molecule has 2 N–H and O–H groups in total. The topological polar surface area (TPSA) is 110 Å². The zero-order chi connectivity index (χ0) is 12.3. The van der Waals surface area contributed by atoms with Gasteiger partial charge in [-0.1, -0.05) is 0 Å². The molecule has 0 radical (unpaired) electrons. The predicted molar refractivity (Wildman–Crippen MR) is 55.0 cm³/mol. The molecule has 1 aromatic carbocycles. The van der Waals surface area contributed by atoms with E-state index in [1.165, 1.54) is 6.92 Å². The average molecular weight is 247 g/mol.